The summed E-state index contributed by atoms with van der Waals surface area (Å²) in [4.78, 5) is 4.61. The number of aryl methyl sites for hydroxylation is 1. The van der Waals surface area contributed by atoms with Crippen molar-refractivity contribution in [3.63, 3.8) is 0 Å². The van der Waals surface area contributed by atoms with Crippen molar-refractivity contribution in [2.75, 3.05) is 26.3 Å². The van der Waals surface area contributed by atoms with Crippen LogP contribution in [0, 0.1) is 5.92 Å². The summed E-state index contributed by atoms with van der Waals surface area (Å²) >= 11 is 0. The van der Waals surface area contributed by atoms with Gasteiger partial charge in [0.25, 0.3) is 0 Å². The Morgan fingerprint density at radius 1 is 1.44 bits per heavy atom. The number of rotatable bonds is 8. The maximum Gasteiger partial charge on any atom is 0.191 e. The fourth-order valence-electron chi connectivity index (χ4n) is 2.75. The van der Waals surface area contributed by atoms with Gasteiger partial charge in [0.2, 0.25) is 0 Å². The topological polar surface area (TPSA) is 89.5 Å². The van der Waals surface area contributed by atoms with E-state index in [9.17, 15) is 0 Å². The van der Waals surface area contributed by atoms with Gasteiger partial charge in [-0.2, -0.15) is 0 Å². The van der Waals surface area contributed by atoms with Crippen molar-refractivity contribution in [1.82, 2.24) is 25.4 Å². The Morgan fingerprint density at radius 2 is 2.40 bits per heavy atom. The maximum absolute atomic E-state index is 5.43. The molecule has 0 saturated carbocycles. The average Bonchev–Trinajstić information content (AvgIpc) is 3.39. The van der Waals surface area contributed by atoms with Crippen molar-refractivity contribution >= 4 is 5.96 Å². The Morgan fingerprint density at radius 3 is 3.16 bits per heavy atom. The molecule has 3 heterocycles. The summed E-state index contributed by atoms with van der Waals surface area (Å²) in [5, 5.41) is 14.9. The van der Waals surface area contributed by atoms with Gasteiger partial charge in [-0.15, -0.1) is 10.2 Å². The fraction of sp³-hybridized carbons (Fsp3) is 0.588. The molecule has 0 amide bonds. The van der Waals surface area contributed by atoms with Gasteiger partial charge < -0.3 is 24.4 Å². The predicted octanol–water partition coefficient (Wildman–Crippen LogP) is 1.21. The van der Waals surface area contributed by atoms with Crippen LogP contribution in [0.25, 0.3) is 0 Å². The summed E-state index contributed by atoms with van der Waals surface area (Å²) in [5.41, 5.74) is 0. The lowest BCUT2D eigenvalue weighted by Gasteiger charge is -2.15. The van der Waals surface area contributed by atoms with E-state index in [1.807, 2.05) is 12.1 Å². The van der Waals surface area contributed by atoms with Crippen LogP contribution in [0.3, 0.4) is 0 Å². The standard InChI is InChI=1S/C17H26N6O2/c1-2-16-22-21-13-23(16)7-6-18-17(19-10-14-5-9-24-12-14)20-11-15-4-3-8-25-15/h3-4,8,13-14H,2,5-7,9-12H2,1H3,(H2,18,19,20). The first kappa shape index (κ1) is 17.5. The third-order valence-corrected chi connectivity index (χ3v) is 4.21. The summed E-state index contributed by atoms with van der Waals surface area (Å²) in [6.45, 7) is 6.66. The number of nitrogens with one attached hydrogen (secondary N) is 2. The molecule has 3 rings (SSSR count). The Bertz CT molecular complexity index is 646. The molecule has 1 atom stereocenters. The van der Waals surface area contributed by atoms with Crippen molar-refractivity contribution in [3.8, 4) is 0 Å². The van der Waals surface area contributed by atoms with Gasteiger partial charge in [0.1, 0.15) is 24.5 Å². The minimum atomic E-state index is 0.510. The molecule has 1 fully saturated rings. The molecule has 8 heteroatoms. The van der Waals surface area contributed by atoms with Crippen LogP contribution in [-0.2, 0) is 24.2 Å². The molecule has 0 radical (unpaired) electrons. The van der Waals surface area contributed by atoms with E-state index in [1.54, 1.807) is 12.6 Å². The lowest BCUT2D eigenvalue weighted by molar-refractivity contribution is 0.186. The molecule has 8 nitrogen and oxygen atoms in total. The van der Waals surface area contributed by atoms with Gasteiger partial charge in [0.05, 0.1) is 12.9 Å². The van der Waals surface area contributed by atoms with Crippen LogP contribution in [0.5, 0.6) is 0 Å². The molecule has 0 aromatic carbocycles. The van der Waals surface area contributed by atoms with Gasteiger partial charge in [-0.3, -0.25) is 0 Å². The molecule has 0 bridgehead atoms. The number of furan rings is 1. The second kappa shape index (κ2) is 9.22. The van der Waals surface area contributed by atoms with E-state index in [-0.39, 0.29) is 0 Å². The fourth-order valence-corrected chi connectivity index (χ4v) is 2.75. The van der Waals surface area contributed by atoms with Crippen molar-refractivity contribution < 1.29 is 9.15 Å². The van der Waals surface area contributed by atoms with Gasteiger partial charge in [0, 0.05) is 38.6 Å². The zero-order valence-corrected chi connectivity index (χ0v) is 14.6. The summed E-state index contributed by atoms with van der Waals surface area (Å²) in [7, 11) is 0. The molecule has 1 saturated heterocycles. The number of aliphatic imine (C=N–C) groups is 1. The molecule has 1 aliphatic rings. The van der Waals surface area contributed by atoms with E-state index in [2.05, 4.69) is 37.3 Å². The minimum absolute atomic E-state index is 0.510. The van der Waals surface area contributed by atoms with Crippen LogP contribution >= 0.6 is 0 Å². The highest BCUT2D eigenvalue weighted by atomic mass is 16.5. The van der Waals surface area contributed by atoms with Gasteiger partial charge in [0.15, 0.2) is 5.96 Å². The van der Waals surface area contributed by atoms with Crippen LogP contribution in [0.15, 0.2) is 34.1 Å². The maximum atomic E-state index is 5.43. The Hall–Kier alpha value is -2.35. The summed E-state index contributed by atoms with van der Waals surface area (Å²) in [5.74, 6) is 3.17. The lowest BCUT2D eigenvalue weighted by atomic mass is 10.1. The van der Waals surface area contributed by atoms with Gasteiger partial charge in [-0.1, -0.05) is 6.92 Å². The average molecular weight is 346 g/mol. The highest BCUT2D eigenvalue weighted by Gasteiger charge is 2.15. The lowest BCUT2D eigenvalue weighted by Crippen LogP contribution is -2.41. The second-order valence-corrected chi connectivity index (χ2v) is 6.08. The Labute approximate surface area is 147 Å². The van der Waals surface area contributed by atoms with Crippen LogP contribution < -0.4 is 10.6 Å². The molecule has 1 unspecified atom stereocenters. The molecular weight excluding hydrogens is 320 g/mol. The quantitative estimate of drug-likeness (QED) is 0.552. The van der Waals surface area contributed by atoms with Crippen LogP contribution in [0.2, 0.25) is 0 Å². The monoisotopic (exact) mass is 346 g/mol. The van der Waals surface area contributed by atoms with Crippen molar-refractivity contribution in [3.05, 3.63) is 36.3 Å². The van der Waals surface area contributed by atoms with Crippen LogP contribution in [0.4, 0.5) is 0 Å². The molecule has 136 valence electrons. The first-order valence-corrected chi connectivity index (χ1v) is 8.84. The minimum Gasteiger partial charge on any atom is -0.467 e. The van der Waals surface area contributed by atoms with Crippen molar-refractivity contribution in [1.29, 1.82) is 0 Å². The van der Waals surface area contributed by atoms with Crippen LogP contribution in [0.1, 0.15) is 24.9 Å². The van der Waals surface area contributed by atoms with E-state index in [1.165, 1.54) is 0 Å². The van der Waals surface area contributed by atoms with Gasteiger partial charge in [-0.25, -0.2) is 4.99 Å². The second-order valence-electron chi connectivity index (χ2n) is 6.08. The molecule has 1 aliphatic heterocycles. The number of guanidine groups is 1. The predicted molar refractivity (Wildman–Crippen MR) is 94.2 cm³/mol. The third-order valence-electron chi connectivity index (χ3n) is 4.21. The molecular formula is C17H26N6O2. The molecule has 25 heavy (non-hydrogen) atoms. The highest BCUT2D eigenvalue weighted by molar-refractivity contribution is 5.79. The largest absolute Gasteiger partial charge is 0.467 e. The van der Waals surface area contributed by atoms with E-state index in [0.717, 1.165) is 63.2 Å². The zero-order valence-electron chi connectivity index (χ0n) is 14.6. The number of ether oxygens (including phenoxy) is 1. The first-order chi connectivity index (χ1) is 12.3. The smallest absolute Gasteiger partial charge is 0.191 e. The van der Waals surface area contributed by atoms with E-state index in [0.29, 0.717) is 12.5 Å². The number of nitrogens with zero attached hydrogens (tertiary/aromatic N) is 4. The number of hydrogen-bond acceptors (Lipinski definition) is 5. The van der Waals surface area contributed by atoms with E-state index in [4.69, 9.17) is 9.15 Å². The molecule has 2 N–H and O–H groups in total. The summed E-state index contributed by atoms with van der Waals surface area (Å²) < 4.78 is 12.8. The normalized spacial score (nSPS) is 17.8. The zero-order chi connectivity index (χ0) is 17.3. The number of aromatic nitrogens is 3. The Balaban J connectivity index is 1.52. The van der Waals surface area contributed by atoms with Crippen molar-refractivity contribution in [2.24, 2.45) is 10.9 Å². The van der Waals surface area contributed by atoms with E-state index < -0.39 is 0 Å². The molecule has 2 aromatic rings. The first-order valence-electron chi connectivity index (χ1n) is 8.84. The highest BCUT2D eigenvalue weighted by Crippen LogP contribution is 2.10. The van der Waals surface area contributed by atoms with Crippen LogP contribution in [-0.4, -0.2) is 47.0 Å². The molecule has 0 spiro atoms. The van der Waals surface area contributed by atoms with Crippen molar-refractivity contribution in [2.45, 2.75) is 32.9 Å². The van der Waals surface area contributed by atoms with Gasteiger partial charge in [-0.05, 0) is 18.6 Å². The Kier molecular flexibility index (Phi) is 6.44. The van der Waals surface area contributed by atoms with Gasteiger partial charge >= 0.3 is 0 Å². The summed E-state index contributed by atoms with van der Waals surface area (Å²) in [6, 6.07) is 3.80. The third kappa shape index (κ3) is 5.32. The van der Waals surface area contributed by atoms with E-state index >= 15 is 0 Å². The molecule has 0 aliphatic carbocycles. The molecule has 2 aromatic heterocycles. The SMILES string of the molecule is CCc1nncn1CCNC(=NCc1ccco1)NCC1CCOC1. The summed E-state index contributed by atoms with van der Waals surface area (Å²) in [6.07, 6.45) is 5.40. The number of hydrogen-bond donors (Lipinski definition) is 2.